The van der Waals surface area contributed by atoms with Crippen LogP contribution >= 0.6 is 22.9 Å². The van der Waals surface area contributed by atoms with Gasteiger partial charge in [0.25, 0.3) is 0 Å². The van der Waals surface area contributed by atoms with Crippen molar-refractivity contribution >= 4 is 66.5 Å². The minimum Gasteiger partial charge on any atom is -0.339 e. The maximum atomic E-state index is 7.10. The monoisotopic (exact) mass is 953 g/mol. The molecule has 12 aromatic rings. The zero-order chi connectivity index (χ0) is 43.7. The highest BCUT2D eigenvalue weighted by molar-refractivity contribution is 14.1. The molecule has 2 aliphatic carbocycles. The highest BCUT2D eigenvalue weighted by atomic mass is 127. The van der Waals surface area contributed by atoms with E-state index in [1.165, 1.54) is 105 Å². The summed E-state index contributed by atoms with van der Waals surface area (Å²) in [4.78, 5) is 0. The number of fused-ring (bicyclic) bond motifs is 13. The predicted molar refractivity (Wildman–Crippen MR) is 282 cm³/mol. The molecule has 10 aromatic carbocycles. The van der Waals surface area contributed by atoms with Gasteiger partial charge in [0.2, 0.25) is 0 Å². The highest BCUT2D eigenvalue weighted by Crippen LogP contribution is 2.60. The fraction of sp³-hybridized carbons (Fsp3) is 0.0323. The third kappa shape index (κ3) is 4.81. The Morgan fingerprint density at radius 3 is 1.61 bits per heavy atom. The molecule has 1 atom stereocenters. The van der Waals surface area contributed by atoms with Crippen molar-refractivity contribution in [2.75, 3.05) is 5.84 Å². The summed E-state index contributed by atoms with van der Waals surface area (Å²) >= 11 is 2.51. The SMILES string of the molecule is Nn1c2ccccc2c2ccc3c(c21)-c1ccccc1C3(c1ccccc1)c1cccc(-c2ccc3c(c2)c2cc4c(cc2n3I)-c2ccccc2C4(c2ccccc2)c2ccccc2)c1. The molecule has 0 radical (unpaired) electrons. The Kier molecular flexibility index (Phi) is 7.95. The molecule has 0 amide bonds. The lowest BCUT2D eigenvalue weighted by Gasteiger charge is -2.34. The summed E-state index contributed by atoms with van der Waals surface area (Å²) in [6.07, 6.45) is 0. The summed E-state index contributed by atoms with van der Waals surface area (Å²) in [5.41, 5.74) is 20.9. The summed E-state index contributed by atoms with van der Waals surface area (Å²) in [5, 5.41) is 4.82. The lowest BCUT2D eigenvalue weighted by atomic mass is 9.67. The van der Waals surface area contributed by atoms with Gasteiger partial charge in [-0.1, -0.05) is 194 Å². The average Bonchev–Trinajstić information content (AvgIpc) is 4.06. The molecule has 66 heavy (non-hydrogen) atoms. The van der Waals surface area contributed by atoms with Gasteiger partial charge >= 0.3 is 0 Å². The first-order chi connectivity index (χ1) is 32.6. The Bertz CT molecular complexity index is 3920. The van der Waals surface area contributed by atoms with Gasteiger partial charge < -0.3 is 5.84 Å². The zero-order valence-electron chi connectivity index (χ0n) is 35.8. The van der Waals surface area contributed by atoms with Gasteiger partial charge in [0.05, 0.1) is 55.8 Å². The number of nitrogens with two attached hydrogens (primary N) is 1. The van der Waals surface area contributed by atoms with Crippen LogP contribution < -0.4 is 5.84 Å². The molecular weight excluding hydrogens is 914 g/mol. The summed E-state index contributed by atoms with van der Waals surface area (Å²) in [5.74, 6) is 7.10. The molecular formula is C62H40IN3. The smallest absolute Gasteiger partial charge is 0.0785 e. The molecule has 0 saturated carbocycles. The van der Waals surface area contributed by atoms with E-state index in [0.717, 1.165) is 16.4 Å². The van der Waals surface area contributed by atoms with Crippen molar-refractivity contribution in [2.45, 2.75) is 10.8 Å². The van der Waals surface area contributed by atoms with Crippen molar-refractivity contribution in [2.24, 2.45) is 0 Å². The van der Waals surface area contributed by atoms with Gasteiger partial charge in [0.1, 0.15) is 0 Å². The molecule has 3 nitrogen and oxygen atoms in total. The fourth-order valence-corrected chi connectivity index (χ4v) is 13.2. The number of halogens is 1. The van der Waals surface area contributed by atoms with Crippen molar-refractivity contribution < 1.29 is 0 Å². The van der Waals surface area contributed by atoms with Crippen LogP contribution in [0.4, 0.5) is 0 Å². The van der Waals surface area contributed by atoms with E-state index in [-0.39, 0.29) is 0 Å². The Morgan fingerprint density at radius 1 is 0.333 bits per heavy atom. The third-order valence-electron chi connectivity index (χ3n) is 15.0. The van der Waals surface area contributed by atoms with Crippen LogP contribution in [0.15, 0.2) is 231 Å². The maximum Gasteiger partial charge on any atom is 0.0785 e. The first kappa shape index (κ1) is 37.7. The standard InChI is InChI=1S/C62H40IN3/c63-65-56-34-31-40(36-50(56)51-37-55-49(38-58(51)65)45-25-10-13-28-52(45)61(55,41-18-4-1-5-19-41)42-20-6-2-7-21-42)39-17-16-24-44(35-39)62(43-22-8-3-9-23-43)53-29-14-11-27-48(53)59-54(62)33-32-47-46-26-12-15-30-57(46)66(64)60(47)59/h1-38H,64H2. The largest absolute Gasteiger partial charge is 0.339 e. The predicted octanol–water partition coefficient (Wildman–Crippen LogP) is 15.2. The van der Waals surface area contributed by atoms with Crippen LogP contribution in [0.3, 0.4) is 0 Å². The highest BCUT2D eigenvalue weighted by Gasteiger charge is 2.48. The van der Waals surface area contributed by atoms with E-state index in [2.05, 4.69) is 256 Å². The molecule has 0 fully saturated rings. The van der Waals surface area contributed by atoms with Crippen molar-refractivity contribution in [3.63, 3.8) is 0 Å². The molecule has 2 aliphatic rings. The molecule has 14 rings (SSSR count). The van der Waals surface area contributed by atoms with E-state index >= 15 is 0 Å². The van der Waals surface area contributed by atoms with Crippen molar-refractivity contribution in [1.29, 1.82) is 0 Å². The average molecular weight is 954 g/mol. The van der Waals surface area contributed by atoms with Gasteiger partial charge in [0.15, 0.2) is 0 Å². The van der Waals surface area contributed by atoms with E-state index in [0.29, 0.717) is 0 Å². The van der Waals surface area contributed by atoms with Crippen LogP contribution in [0.25, 0.3) is 77.0 Å². The number of hydrogen-bond acceptors (Lipinski definition) is 1. The van der Waals surface area contributed by atoms with Gasteiger partial charge in [0, 0.05) is 27.1 Å². The van der Waals surface area contributed by atoms with Crippen LogP contribution in [0.1, 0.15) is 44.5 Å². The quantitative estimate of drug-likeness (QED) is 0.135. The fourth-order valence-electron chi connectivity index (χ4n) is 12.3. The second-order valence-electron chi connectivity index (χ2n) is 18.0. The molecule has 4 heteroatoms. The molecule has 0 bridgehead atoms. The van der Waals surface area contributed by atoms with E-state index in [1.54, 1.807) is 0 Å². The topological polar surface area (TPSA) is 35.9 Å². The van der Waals surface area contributed by atoms with Crippen molar-refractivity contribution in [3.8, 4) is 33.4 Å². The number of nitrogen functional groups attached to an aromatic ring is 1. The van der Waals surface area contributed by atoms with E-state index < -0.39 is 10.8 Å². The summed E-state index contributed by atoms with van der Waals surface area (Å²) in [6, 6.07) is 85.7. The molecule has 2 N–H and O–H groups in total. The normalized spacial score (nSPS) is 15.6. The third-order valence-corrected chi connectivity index (χ3v) is 16.0. The van der Waals surface area contributed by atoms with Crippen LogP contribution in [-0.2, 0) is 10.8 Å². The number of para-hydroxylation sites is 1. The van der Waals surface area contributed by atoms with Crippen LogP contribution in [-0.4, -0.2) is 7.46 Å². The van der Waals surface area contributed by atoms with E-state index in [9.17, 15) is 0 Å². The van der Waals surface area contributed by atoms with Crippen LogP contribution in [0.5, 0.6) is 0 Å². The number of rotatable bonds is 5. The van der Waals surface area contributed by atoms with Crippen LogP contribution in [0, 0.1) is 0 Å². The summed E-state index contributed by atoms with van der Waals surface area (Å²) < 4.78 is 4.26. The van der Waals surface area contributed by atoms with Crippen molar-refractivity contribution in [3.05, 3.63) is 275 Å². The molecule has 0 saturated heterocycles. The molecule has 310 valence electrons. The maximum absolute atomic E-state index is 7.10. The molecule has 2 aromatic heterocycles. The minimum atomic E-state index is -0.593. The zero-order valence-corrected chi connectivity index (χ0v) is 37.9. The van der Waals surface area contributed by atoms with Crippen molar-refractivity contribution in [1.82, 2.24) is 7.46 Å². The number of hydrogen-bond donors (Lipinski definition) is 1. The summed E-state index contributed by atoms with van der Waals surface area (Å²) in [6.45, 7) is 0. The Balaban J connectivity index is 1.00. The molecule has 0 aliphatic heterocycles. The lowest BCUT2D eigenvalue weighted by Crippen LogP contribution is -2.28. The molecule has 1 unspecified atom stereocenters. The van der Waals surface area contributed by atoms with Gasteiger partial charge in [-0.2, -0.15) is 0 Å². The van der Waals surface area contributed by atoms with Gasteiger partial charge in [-0.3, -0.25) is 7.46 Å². The second kappa shape index (κ2) is 13.9. The number of benzene rings is 10. The van der Waals surface area contributed by atoms with E-state index in [1.807, 2.05) is 4.68 Å². The molecule has 0 spiro atoms. The lowest BCUT2D eigenvalue weighted by molar-refractivity contribution is 0.769. The van der Waals surface area contributed by atoms with Gasteiger partial charge in [-0.25, -0.2) is 0 Å². The Hall–Kier alpha value is -7.67. The second-order valence-corrected chi connectivity index (χ2v) is 18.9. The van der Waals surface area contributed by atoms with Crippen LogP contribution in [0.2, 0.25) is 0 Å². The summed E-state index contributed by atoms with van der Waals surface area (Å²) in [7, 11) is 0. The first-order valence-electron chi connectivity index (χ1n) is 22.7. The number of aromatic nitrogens is 2. The minimum absolute atomic E-state index is 0.474. The first-order valence-corrected chi connectivity index (χ1v) is 23.6. The Labute approximate surface area is 396 Å². The Morgan fingerprint density at radius 2 is 0.894 bits per heavy atom. The van der Waals surface area contributed by atoms with Gasteiger partial charge in [-0.15, -0.1) is 0 Å². The molecule has 2 heterocycles. The van der Waals surface area contributed by atoms with E-state index in [4.69, 9.17) is 5.84 Å². The number of nitrogens with zero attached hydrogens (tertiary/aromatic N) is 2. The van der Waals surface area contributed by atoms with Gasteiger partial charge in [-0.05, 0) is 109 Å².